The summed E-state index contributed by atoms with van der Waals surface area (Å²) in [6.07, 6.45) is 4.37. The number of rotatable bonds is 1. The summed E-state index contributed by atoms with van der Waals surface area (Å²) in [4.78, 5) is 14.4. The van der Waals surface area contributed by atoms with Crippen LogP contribution in [0.3, 0.4) is 0 Å². The third kappa shape index (κ3) is 1.49. The minimum Gasteiger partial charge on any atom is -0.365 e. The molecular formula is C7H6N4O. The van der Waals surface area contributed by atoms with Gasteiger partial charge in [-0.3, -0.25) is 9.79 Å². The van der Waals surface area contributed by atoms with Crippen LogP contribution in [-0.4, -0.2) is 12.1 Å². The smallest absolute Gasteiger partial charge is 0.261 e. The van der Waals surface area contributed by atoms with Crippen molar-refractivity contribution in [3.8, 4) is 6.07 Å². The van der Waals surface area contributed by atoms with E-state index in [0.717, 1.165) is 0 Å². The molecule has 0 bridgehead atoms. The zero-order valence-corrected chi connectivity index (χ0v) is 6.11. The fourth-order valence-electron chi connectivity index (χ4n) is 0.710. The SMILES string of the molecule is N#C/C(C(N)=O)=C1\C=NC=CN1. The average Bonchev–Trinajstić information content (AvgIpc) is 2.07. The van der Waals surface area contributed by atoms with Crippen LogP contribution < -0.4 is 11.1 Å². The van der Waals surface area contributed by atoms with Crippen LogP contribution >= 0.6 is 0 Å². The normalized spacial score (nSPS) is 17.9. The second kappa shape index (κ2) is 3.34. The fourth-order valence-corrected chi connectivity index (χ4v) is 0.710. The van der Waals surface area contributed by atoms with Gasteiger partial charge in [0.05, 0.1) is 11.9 Å². The van der Waals surface area contributed by atoms with E-state index < -0.39 is 5.91 Å². The lowest BCUT2D eigenvalue weighted by molar-refractivity contribution is -0.114. The van der Waals surface area contributed by atoms with Gasteiger partial charge in [0.2, 0.25) is 0 Å². The van der Waals surface area contributed by atoms with Crippen molar-refractivity contribution in [3.63, 3.8) is 0 Å². The van der Waals surface area contributed by atoms with Crippen LogP contribution in [0, 0.1) is 11.3 Å². The average molecular weight is 162 g/mol. The Hall–Kier alpha value is -2.09. The Morgan fingerprint density at radius 1 is 1.75 bits per heavy atom. The Balaban J connectivity index is 3.04. The molecule has 0 radical (unpaired) electrons. The second-order valence-corrected chi connectivity index (χ2v) is 2.00. The molecule has 12 heavy (non-hydrogen) atoms. The van der Waals surface area contributed by atoms with Crippen LogP contribution in [0.4, 0.5) is 0 Å². The van der Waals surface area contributed by atoms with Gasteiger partial charge in [0, 0.05) is 12.4 Å². The van der Waals surface area contributed by atoms with Crippen LogP contribution in [0.5, 0.6) is 0 Å². The van der Waals surface area contributed by atoms with Gasteiger partial charge < -0.3 is 11.1 Å². The molecule has 0 aromatic carbocycles. The zero-order chi connectivity index (χ0) is 8.97. The number of carbonyl (C=O) groups is 1. The van der Waals surface area contributed by atoms with Gasteiger partial charge in [0.1, 0.15) is 11.6 Å². The number of hydrogen-bond donors (Lipinski definition) is 2. The van der Waals surface area contributed by atoms with Crippen molar-refractivity contribution in [1.29, 1.82) is 5.26 Å². The molecule has 0 saturated heterocycles. The van der Waals surface area contributed by atoms with Gasteiger partial charge in [0.25, 0.3) is 5.91 Å². The highest BCUT2D eigenvalue weighted by molar-refractivity contribution is 6.02. The summed E-state index contributed by atoms with van der Waals surface area (Å²) in [6, 6.07) is 1.69. The largest absolute Gasteiger partial charge is 0.365 e. The quantitative estimate of drug-likeness (QED) is 0.398. The minimum atomic E-state index is -0.762. The molecule has 1 rings (SSSR count). The maximum atomic E-state index is 10.6. The highest BCUT2D eigenvalue weighted by atomic mass is 16.1. The maximum Gasteiger partial charge on any atom is 0.261 e. The van der Waals surface area contributed by atoms with Gasteiger partial charge in [-0.2, -0.15) is 5.26 Å². The molecule has 1 aliphatic heterocycles. The van der Waals surface area contributed by atoms with Crippen molar-refractivity contribution in [3.05, 3.63) is 23.7 Å². The number of allylic oxidation sites excluding steroid dienone is 1. The Morgan fingerprint density at radius 3 is 2.92 bits per heavy atom. The lowest BCUT2D eigenvalue weighted by Gasteiger charge is -2.04. The molecule has 0 aromatic heterocycles. The van der Waals surface area contributed by atoms with E-state index in [1.807, 2.05) is 0 Å². The molecule has 0 aliphatic carbocycles. The summed E-state index contributed by atoms with van der Waals surface area (Å²) in [5.41, 5.74) is 5.14. The Kier molecular flexibility index (Phi) is 2.23. The molecule has 60 valence electrons. The molecule has 1 aliphatic rings. The first-order chi connectivity index (χ1) is 5.75. The number of aliphatic imine (C=N–C) groups is 1. The number of nitrogens with zero attached hydrogens (tertiary/aromatic N) is 2. The fraction of sp³-hybridized carbons (Fsp3) is 0. The molecule has 0 fully saturated rings. The van der Waals surface area contributed by atoms with E-state index in [9.17, 15) is 4.79 Å². The number of primary amides is 1. The second-order valence-electron chi connectivity index (χ2n) is 2.00. The molecule has 5 nitrogen and oxygen atoms in total. The van der Waals surface area contributed by atoms with Crippen molar-refractivity contribution >= 4 is 12.1 Å². The van der Waals surface area contributed by atoms with Crippen molar-refractivity contribution in [2.24, 2.45) is 10.7 Å². The first-order valence-corrected chi connectivity index (χ1v) is 3.14. The summed E-state index contributed by atoms with van der Waals surface area (Å²) in [6.45, 7) is 0. The molecule has 0 saturated carbocycles. The molecule has 1 heterocycles. The van der Waals surface area contributed by atoms with Gasteiger partial charge in [-0.05, 0) is 0 Å². The lowest BCUT2D eigenvalue weighted by atomic mass is 10.2. The van der Waals surface area contributed by atoms with E-state index in [2.05, 4.69) is 10.3 Å². The van der Waals surface area contributed by atoms with Gasteiger partial charge in [-0.1, -0.05) is 0 Å². The van der Waals surface area contributed by atoms with E-state index in [1.54, 1.807) is 6.07 Å². The van der Waals surface area contributed by atoms with Crippen LogP contribution in [0.25, 0.3) is 0 Å². The minimum absolute atomic E-state index is 0.122. The Bertz CT molecular complexity index is 332. The van der Waals surface area contributed by atoms with Gasteiger partial charge >= 0.3 is 0 Å². The number of hydrogen-bond acceptors (Lipinski definition) is 4. The summed E-state index contributed by atoms with van der Waals surface area (Å²) in [5.74, 6) is -0.762. The number of nitrogens with one attached hydrogen (secondary N) is 1. The molecule has 5 heteroatoms. The van der Waals surface area contributed by atoms with Gasteiger partial charge in [-0.25, -0.2) is 0 Å². The zero-order valence-electron chi connectivity index (χ0n) is 6.11. The van der Waals surface area contributed by atoms with Crippen molar-refractivity contribution in [2.75, 3.05) is 0 Å². The predicted molar refractivity (Wildman–Crippen MR) is 42.6 cm³/mol. The molecule has 0 unspecified atom stereocenters. The summed E-state index contributed by atoms with van der Waals surface area (Å²) in [7, 11) is 0. The highest BCUT2D eigenvalue weighted by Crippen LogP contribution is 2.00. The van der Waals surface area contributed by atoms with Crippen LogP contribution in [0.15, 0.2) is 28.7 Å². The molecule has 0 aromatic rings. The predicted octanol–water partition coefficient (Wildman–Crippen LogP) is -0.605. The number of amides is 1. The first kappa shape index (κ1) is 8.01. The monoisotopic (exact) mass is 162 g/mol. The van der Waals surface area contributed by atoms with E-state index >= 15 is 0 Å². The van der Waals surface area contributed by atoms with Crippen LogP contribution in [0.1, 0.15) is 0 Å². The number of nitrogens with two attached hydrogens (primary N) is 1. The van der Waals surface area contributed by atoms with E-state index in [1.165, 1.54) is 18.6 Å². The number of carbonyl (C=O) groups excluding carboxylic acids is 1. The first-order valence-electron chi connectivity index (χ1n) is 3.14. The van der Waals surface area contributed by atoms with E-state index in [0.29, 0.717) is 5.70 Å². The van der Waals surface area contributed by atoms with Crippen molar-refractivity contribution in [2.45, 2.75) is 0 Å². The Morgan fingerprint density at radius 2 is 2.50 bits per heavy atom. The molecular weight excluding hydrogens is 156 g/mol. The third-order valence-electron chi connectivity index (χ3n) is 1.23. The summed E-state index contributed by atoms with van der Waals surface area (Å²) < 4.78 is 0. The molecule has 3 N–H and O–H groups in total. The van der Waals surface area contributed by atoms with E-state index in [4.69, 9.17) is 11.0 Å². The summed E-state index contributed by atoms with van der Waals surface area (Å²) in [5, 5.41) is 11.2. The maximum absolute atomic E-state index is 10.6. The van der Waals surface area contributed by atoms with Crippen LogP contribution in [-0.2, 0) is 4.79 Å². The van der Waals surface area contributed by atoms with Crippen molar-refractivity contribution in [1.82, 2.24) is 5.32 Å². The van der Waals surface area contributed by atoms with Crippen molar-refractivity contribution < 1.29 is 4.79 Å². The third-order valence-corrected chi connectivity index (χ3v) is 1.23. The highest BCUT2D eigenvalue weighted by Gasteiger charge is 2.10. The molecule has 1 amide bonds. The Labute approximate surface area is 68.9 Å². The number of nitriles is 1. The molecule has 0 atom stereocenters. The van der Waals surface area contributed by atoms with Crippen LogP contribution in [0.2, 0.25) is 0 Å². The standard InChI is InChI=1S/C7H6N4O/c8-3-5(7(9)12)6-4-10-1-2-11-6/h1-2,4,11H,(H2,9,12)/b6-5-. The topological polar surface area (TPSA) is 91.3 Å². The summed E-state index contributed by atoms with van der Waals surface area (Å²) >= 11 is 0. The molecule has 0 spiro atoms. The van der Waals surface area contributed by atoms with Gasteiger partial charge in [0.15, 0.2) is 0 Å². The lowest BCUT2D eigenvalue weighted by Crippen LogP contribution is -2.21. The van der Waals surface area contributed by atoms with E-state index in [-0.39, 0.29) is 5.57 Å². The van der Waals surface area contributed by atoms with Gasteiger partial charge in [-0.15, -0.1) is 0 Å².